The lowest BCUT2D eigenvalue weighted by atomic mass is 10.1. The number of anilines is 2. The van der Waals surface area contributed by atoms with E-state index in [1.165, 1.54) is 4.31 Å². The summed E-state index contributed by atoms with van der Waals surface area (Å²) >= 11 is 6.09. The monoisotopic (exact) mass is 637 g/mol. The molecule has 0 saturated carbocycles. The number of amides is 2. The molecule has 2 N–H and O–H groups in total. The summed E-state index contributed by atoms with van der Waals surface area (Å²) in [4.78, 5) is 27.3. The predicted molar refractivity (Wildman–Crippen MR) is 179 cm³/mol. The summed E-state index contributed by atoms with van der Waals surface area (Å²) in [5.74, 6) is -0.927. The lowest BCUT2D eigenvalue weighted by molar-refractivity contribution is 0.0940. The molecule has 0 aromatic heterocycles. The highest BCUT2D eigenvalue weighted by atomic mass is 35.5. The van der Waals surface area contributed by atoms with Crippen molar-refractivity contribution < 1.29 is 18.0 Å². The number of carbonyl (C=O) groups excluding carboxylic acids is 2. The fourth-order valence-corrected chi connectivity index (χ4v) is 6.45. The van der Waals surface area contributed by atoms with Gasteiger partial charge in [0.25, 0.3) is 21.8 Å². The third kappa shape index (κ3) is 7.42. The maximum Gasteiger partial charge on any atom is 0.264 e. The highest BCUT2D eigenvalue weighted by molar-refractivity contribution is 7.92. The summed E-state index contributed by atoms with van der Waals surface area (Å²) in [6, 6.07) is 35.9. The highest BCUT2D eigenvalue weighted by Gasteiger charge is 2.29. The van der Waals surface area contributed by atoms with Crippen LogP contribution < -0.4 is 14.9 Å². The van der Waals surface area contributed by atoms with E-state index in [2.05, 4.69) is 10.6 Å². The van der Waals surface area contributed by atoms with Crippen molar-refractivity contribution in [2.45, 2.75) is 31.3 Å². The molecule has 0 aliphatic carbocycles. The molecule has 0 radical (unpaired) electrons. The van der Waals surface area contributed by atoms with Crippen LogP contribution in [0.25, 0.3) is 0 Å². The van der Waals surface area contributed by atoms with E-state index in [0.29, 0.717) is 16.3 Å². The largest absolute Gasteiger partial charge is 0.345 e. The van der Waals surface area contributed by atoms with E-state index in [-0.39, 0.29) is 40.2 Å². The summed E-state index contributed by atoms with van der Waals surface area (Å²) in [7, 11) is -4.11. The van der Waals surface area contributed by atoms with E-state index in [9.17, 15) is 18.0 Å². The molecule has 9 heteroatoms. The number of aryl methyl sites for hydroxylation is 1. The second kappa shape index (κ2) is 13.8. The van der Waals surface area contributed by atoms with Crippen LogP contribution in [-0.2, 0) is 16.6 Å². The molecule has 0 aliphatic heterocycles. The maximum absolute atomic E-state index is 14.1. The fourth-order valence-electron chi connectivity index (χ4n) is 4.86. The Balaban J connectivity index is 1.48. The van der Waals surface area contributed by atoms with Crippen molar-refractivity contribution in [1.29, 1.82) is 0 Å². The molecule has 7 nitrogen and oxygen atoms in total. The molecule has 0 fully saturated rings. The number of hydrogen-bond donors (Lipinski definition) is 2. The van der Waals surface area contributed by atoms with Gasteiger partial charge in [0.15, 0.2) is 0 Å². The Hall–Kier alpha value is -4.92. The third-order valence-corrected chi connectivity index (χ3v) is 9.36. The normalized spacial score (nSPS) is 11.8. The molecular formula is C36H32ClN3O4S. The lowest BCUT2D eigenvalue weighted by Crippen LogP contribution is -2.32. The van der Waals surface area contributed by atoms with Gasteiger partial charge in [-0.05, 0) is 73.5 Å². The molecule has 0 unspecified atom stereocenters. The van der Waals surface area contributed by atoms with Crippen molar-refractivity contribution in [2.24, 2.45) is 0 Å². The van der Waals surface area contributed by atoms with Gasteiger partial charge in [0.05, 0.1) is 40.0 Å². The van der Waals surface area contributed by atoms with Gasteiger partial charge >= 0.3 is 0 Å². The molecule has 5 aromatic carbocycles. The zero-order valence-electron chi connectivity index (χ0n) is 24.8. The van der Waals surface area contributed by atoms with Gasteiger partial charge in [-0.1, -0.05) is 96.0 Å². The molecule has 45 heavy (non-hydrogen) atoms. The number of benzene rings is 5. The molecule has 0 bridgehead atoms. The van der Waals surface area contributed by atoms with Crippen molar-refractivity contribution in [1.82, 2.24) is 5.32 Å². The predicted octanol–water partition coefficient (Wildman–Crippen LogP) is 7.79. The zero-order chi connectivity index (χ0) is 32.0. The molecule has 5 rings (SSSR count). The van der Waals surface area contributed by atoms with Crippen molar-refractivity contribution >= 4 is 44.8 Å². The van der Waals surface area contributed by atoms with Crippen molar-refractivity contribution in [3.05, 3.63) is 160 Å². The minimum atomic E-state index is -4.11. The summed E-state index contributed by atoms with van der Waals surface area (Å²) in [5.41, 5.74) is 3.41. The SMILES string of the molecule is Cc1ccc(S(=O)(=O)N(Cc2ccc(Cl)cc2)c2ccccc2C(=O)Nc2ccccc2C(=O)N[C@H](C)c2ccccc2)cc1. The van der Waals surface area contributed by atoms with Crippen LogP contribution in [0.1, 0.15) is 50.4 Å². The first-order valence-electron chi connectivity index (χ1n) is 14.3. The topological polar surface area (TPSA) is 95.6 Å². The molecule has 228 valence electrons. The van der Waals surface area contributed by atoms with Crippen LogP contribution in [0.2, 0.25) is 5.02 Å². The Morgan fingerprint density at radius 3 is 2.02 bits per heavy atom. The quantitative estimate of drug-likeness (QED) is 0.163. The minimum Gasteiger partial charge on any atom is -0.345 e. The minimum absolute atomic E-state index is 0.0476. The van der Waals surface area contributed by atoms with Gasteiger partial charge in [-0.15, -0.1) is 0 Å². The van der Waals surface area contributed by atoms with Gasteiger partial charge in [-0.25, -0.2) is 8.42 Å². The van der Waals surface area contributed by atoms with E-state index < -0.39 is 15.9 Å². The number of rotatable bonds is 10. The first kappa shape index (κ1) is 31.5. The van der Waals surface area contributed by atoms with Crippen molar-refractivity contribution in [3.8, 4) is 0 Å². The molecule has 5 aromatic rings. The molecular weight excluding hydrogens is 606 g/mol. The molecule has 0 heterocycles. The van der Waals surface area contributed by atoms with Gasteiger partial charge in [0.2, 0.25) is 0 Å². The molecule has 1 atom stereocenters. The van der Waals surface area contributed by atoms with E-state index in [4.69, 9.17) is 11.6 Å². The van der Waals surface area contributed by atoms with Crippen LogP contribution in [0.4, 0.5) is 11.4 Å². The van der Waals surface area contributed by atoms with Gasteiger partial charge in [-0.2, -0.15) is 0 Å². The van der Waals surface area contributed by atoms with Crippen LogP contribution in [0.15, 0.2) is 132 Å². The van der Waals surface area contributed by atoms with Gasteiger partial charge in [0, 0.05) is 5.02 Å². The Bertz CT molecular complexity index is 1910. The summed E-state index contributed by atoms with van der Waals surface area (Å²) in [6.07, 6.45) is 0. The molecule has 0 aliphatic rings. The number of halogens is 1. The Morgan fingerprint density at radius 2 is 1.33 bits per heavy atom. The Kier molecular flexibility index (Phi) is 9.66. The average molecular weight is 638 g/mol. The van der Waals surface area contributed by atoms with Crippen LogP contribution in [0.3, 0.4) is 0 Å². The number of hydrogen-bond acceptors (Lipinski definition) is 4. The second-order valence-electron chi connectivity index (χ2n) is 10.6. The fraction of sp³-hybridized carbons (Fsp3) is 0.111. The first-order chi connectivity index (χ1) is 21.6. The van der Waals surface area contributed by atoms with Gasteiger partial charge < -0.3 is 10.6 Å². The van der Waals surface area contributed by atoms with E-state index in [0.717, 1.165) is 11.1 Å². The molecule has 0 spiro atoms. The smallest absolute Gasteiger partial charge is 0.264 e. The van der Waals surface area contributed by atoms with Gasteiger partial charge in [0.1, 0.15) is 0 Å². The van der Waals surface area contributed by atoms with Gasteiger partial charge in [-0.3, -0.25) is 13.9 Å². The summed E-state index contributed by atoms with van der Waals surface area (Å²) in [6.45, 7) is 3.71. The molecule has 0 saturated heterocycles. The average Bonchev–Trinajstić information content (AvgIpc) is 3.05. The number of nitrogens with zero attached hydrogens (tertiary/aromatic N) is 1. The number of para-hydroxylation sites is 2. The number of nitrogens with one attached hydrogen (secondary N) is 2. The molecule has 2 amide bonds. The lowest BCUT2D eigenvalue weighted by Gasteiger charge is -2.27. The zero-order valence-corrected chi connectivity index (χ0v) is 26.3. The Labute approximate surface area is 268 Å². The van der Waals surface area contributed by atoms with Crippen LogP contribution in [0, 0.1) is 6.92 Å². The first-order valence-corrected chi connectivity index (χ1v) is 16.1. The highest BCUT2D eigenvalue weighted by Crippen LogP contribution is 2.31. The number of carbonyl (C=O) groups is 2. The number of sulfonamides is 1. The van der Waals surface area contributed by atoms with E-state index >= 15 is 0 Å². The van der Waals surface area contributed by atoms with Crippen LogP contribution in [-0.4, -0.2) is 20.2 Å². The van der Waals surface area contributed by atoms with Crippen molar-refractivity contribution in [3.63, 3.8) is 0 Å². The second-order valence-corrected chi connectivity index (χ2v) is 12.9. The maximum atomic E-state index is 14.1. The Morgan fingerprint density at radius 1 is 0.733 bits per heavy atom. The van der Waals surface area contributed by atoms with Crippen LogP contribution >= 0.6 is 11.6 Å². The van der Waals surface area contributed by atoms with E-state index in [1.54, 1.807) is 97.1 Å². The summed E-state index contributed by atoms with van der Waals surface area (Å²) < 4.78 is 29.5. The standard InChI is InChI=1S/C36H32ClN3O4S/c1-25-16-22-30(23-17-25)45(43,44)40(24-27-18-20-29(37)21-19-27)34-15-9-7-13-32(34)36(42)39-33-14-8-6-12-31(33)35(41)38-26(2)28-10-4-3-5-11-28/h3-23,26H,24H2,1-2H3,(H,38,41)(H,39,42)/t26-/m1/s1. The van der Waals surface area contributed by atoms with E-state index in [1.807, 2.05) is 44.2 Å². The van der Waals surface area contributed by atoms with Crippen LogP contribution in [0.5, 0.6) is 0 Å². The van der Waals surface area contributed by atoms with Crippen molar-refractivity contribution in [2.75, 3.05) is 9.62 Å². The third-order valence-electron chi connectivity index (χ3n) is 7.33. The summed E-state index contributed by atoms with van der Waals surface area (Å²) in [5, 5.41) is 6.35.